The van der Waals surface area contributed by atoms with Gasteiger partial charge >= 0.3 is 12.1 Å². The summed E-state index contributed by atoms with van der Waals surface area (Å²) >= 11 is 0. The van der Waals surface area contributed by atoms with Crippen molar-refractivity contribution in [3.8, 4) is 0 Å². The zero-order valence-electron chi connectivity index (χ0n) is 24.2. The van der Waals surface area contributed by atoms with Gasteiger partial charge in [-0.15, -0.1) is 0 Å². The van der Waals surface area contributed by atoms with Crippen LogP contribution in [0.4, 0.5) is 10.5 Å². The third-order valence-corrected chi connectivity index (χ3v) is 8.55. The molecular formula is C31H42N4O6. The number of carbonyl (C=O) groups excluding carboxylic acids is 1. The van der Waals surface area contributed by atoms with Crippen LogP contribution in [-0.4, -0.2) is 88.1 Å². The molecule has 0 aromatic heterocycles. The monoisotopic (exact) mass is 566 g/mol. The number of carboxylic acids is 1. The molecule has 222 valence electrons. The Morgan fingerprint density at radius 1 is 1.07 bits per heavy atom. The van der Waals surface area contributed by atoms with Crippen LogP contribution in [0.1, 0.15) is 50.7 Å². The summed E-state index contributed by atoms with van der Waals surface area (Å²) < 4.78 is 5.56. The third kappa shape index (κ3) is 7.62. The first-order valence-electron chi connectivity index (χ1n) is 14.6. The number of nitro benzene ring substituents is 1. The minimum atomic E-state index is -0.756. The van der Waals surface area contributed by atoms with Gasteiger partial charge in [0.05, 0.1) is 4.92 Å². The highest BCUT2D eigenvalue weighted by molar-refractivity contribution is 5.74. The number of ether oxygens (including phenoxy) is 1. The number of non-ortho nitro benzene ring substituents is 1. The molecule has 2 saturated heterocycles. The second-order valence-corrected chi connectivity index (χ2v) is 11.6. The average molecular weight is 567 g/mol. The first kappa shape index (κ1) is 30.5. The van der Waals surface area contributed by atoms with E-state index in [1.54, 1.807) is 17.0 Å². The van der Waals surface area contributed by atoms with E-state index in [1.165, 1.54) is 17.7 Å². The van der Waals surface area contributed by atoms with E-state index >= 15 is 0 Å². The minimum Gasteiger partial charge on any atom is -0.480 e. The van der Waals surface area contributed by atoms with Gasteiger partial charge in [-0.25, -0.2) is 4.79 Å². The van der Waals surface area contributed by atoms with Gasteiger partial charge in [-0.05, 0) is 54.9 Å². The van der Waals surface area contributed by atoms with Crippen LogP contribution < -0.4 is 0 Å². The largest absolute Gasteiger partial charge is 0.480 e. The SMILES string of the molecule is CCN(C(=O)OCc1ccc([N+](=O)[O-])cc1)C1CCN(CC2CN(C(C(=O)O)C(C)C)CC2c2ccccc2)CC1. The van der Waals surface area contributed by atoms with Crippen molar-refractivity contribution < 1.29 is 24.4 Å². The highest BCUT2D eigenvalue weighted by atomic mass is 16.6. The number of benzene rings is 2. The summed E-state index contributed by atoms with van der Waals surface area (Å²) in [6.07, 6.45) is 1.32. The quantitative estimate of drug-likeness (QED) is 0.303. The van der Waals surface area contributed by atoms with Gasteiger partial charge in [-0.2, -0.15) is 0 Å². The number of carboxylic acid groups (broad SMARTS) is 1. The summed E-state index contributed by atoms with van der Waals surface area (Å²) in [7, 11) is 0. The predicted molar refractivity (Wildman–Crippen MR) is 156 cm³/mol. The van der Waals surface area contributed by atoms with Crippen molar-refractivity contribution in [2.75, 3.05) is 39.3 Å². The lowest BCUT2D eigenvalue weighted by Gasteiger charge is -2.39. The van der Waals surface area contributed by atoms with Gasteiger partial charge < -0.3 is 19.6 Å². The number of amides is 1. The molecule has 2 aliphatic heterocycles. The standard InChI is InChI=1S/C31H42N4O6/c1-4-34(31(38)41-21-23-10-12-27(13-11-23)35(39)40)26-14-16-32(17-15-26)18-25-19-33(29(22(2)3)30(36)37)20-28(25)24-8-6-5-7-9-24/h5-13,22,25-26,28-29H,4,14-21H2,1-3H3,(H,36,37). The van der Waals surface area contributed by atoms with Crippen LogP contribution in [0.25, 0.3) is 0 Å². The van der Waals surface area contributed by atoms with Crippen LogP contribution in [0.3, 0.4) is 0 Å². The van der Waals surface area contributed by atoms with Gasteiger partial charge in [-0.1, -0.05) is 44.2 Å². The van der Waals surface area contributed by atoms with Crippen molar-refractivity contribution in [2.45, 2.75) is 58.2 Å². The molecule has 2 aromatic carbocycles. The molecular weight excluding hydrogens is 524 g/mol. The van der Waals surface area contributed by atoms with Crippen molar-refractivity contribution in [3.63, 3.8) is 0 Å². The highest BCUT2D eigenvalue weighted by Gasteiger charge is 2.41. The van der Waals surface area contributed by atoms with E-state index < -0.39 is 16.9 Å². The molecule has 0 spiro atoms. The van der Waals surface area contributed by atoms with Crippen molar-refractivity contribution in [2.24, 2.45) is 11.8 Å². The Kier molecular flexibility index (Phi) is 10.3. The maximum Gasteiger partial charge on any atom is 0.410 e. The molecule has 0 saturated carbocycles. The first-order chi connectivity index (χ1) is 19.7. The van der Waals surface area contributed by atoms with Gasteiger partial charge in [0.1, 0.15) is 12.6 Å². The molecule has 10 nitrogen and oxygen atoms in total. The van der Waals surface area contributed by atoms with Gasteiger partial charge in [0.2, 0.25) is 0 Å². The fraction of sp³-hybridized carbons (Fsp3) is 0.548. The molecule has 10 heteroatoms. The molecule has 1 amide bonds. The summed E-state index contributed by atoms with van der Waals surface area (Å²) in [5.41, 5.74) is 1.97. The number of hydrogen-bond donors (Lipinski definition) is 1. The van der Waals surface area contributed by atoms with E-state index in [4.69, 9.17) is 4.74 Å². The molecule has 3 unspecified atom stereocenters. The summed E-state index contributed by atoms with van der Waals surface area (Å²) in [6.45, 7) is 10.6. The van der Waals surface area contributed by atoms with Crippen LogP contribution in [0.5, 0.6) is 0 Å². The van der Waals surface area contributed by atoms with Crippen molar-refractivity contribution >= 4 is 17.7 Å². The zero-order chi connectivity index (χ0) is 29.5. The van der Waals surface area contributed by atoms with E-state index in [-0.39, 0.29) is 36.3 Å². The highest BCUT2D eigenvalue weighted by Crippen LogP contribution is 2.36. The second-order valence-electron chi connectivity index (χ2n) is 11.6. The third-order valence-electron chi connectivity index (χ3n) is 8.55. The van der Waals surface area contributed by atoms with E-state index in [1.807, 2.05) is 26.8 Å². The lowest BCUT2D eigenvalue weighted by molar-refractivity contribution is -0.384. The Hall–Kier alpha value is -3.50. The molecule has 2 fully saturated rings. The van der Waals surface area contributed by atoms with Crippen LogP contribution in [0.2, 0.25) is 0 Å². The average Bonchev–Trinajstić information content (AvgIpc) is 3.36. The van der Waals surface area contributed by atoms with Gasteiger partial charge in [-0.3, -0.25) is 19.8 Å². The van der Waals surface area contributed by atoms with Crippen molar-refractivity contribution in [1.82, 2.24) is 14.7 Å². The molecule has 3 atom stereocenters. The molecule has 2 aliphatic rings. The van der Waals surface area contributed by atoms with Crippen LogP contribution in [-0.2, 0) is 16.1 Å². The van der Waals surface area contributed by atoms with E-state index in [2.05, 4.69) is 34.1 Å². The summed E-state index contributed by atoms with van der Waals surface area (Å²) in [5, 5.41) is 20.8. The number of rotatable bonds is 11. The number of likely N-dealkylation sites (tertiary alicyclic amines) is 2. The Labute approximate surface area is 242 Å². The maximum atomic E-state index is 12.9. The fourth-order valence-corrected chi connectivity index (χ4v) is 6.48. The predicted octanol–water partition coefficient (Wildman–Crippen LogP) is 4.84. The second kappa shape index (κ2) is 13.9. The number of nitro groups is 1. The molecule has 0 bridgehead atoms. The zero-order valence-corrected chi connectivity index (χ0v) is 24.2. The summed E-state index contributed by atoms with van der Waals surface area (Å²) in [4.78, 5) is 41.8. The van der Waals surface area contributed by atoms with Crippen molar-refractivity contribution in [3.05, 3.63) is 75.8 Å². The summed E-state index contributed by atoms with van der Waals surface area (Å²) in [6, 6.07) is 16.0. The molecule has 41 heavy (non-hydrogen) atoms. The molecule has 0 radical (unpaired) electrons. The van der Waals surface area contributed by atoms with Crippen LogP contribution in [0.15, 0.2) is 54.6 Å². The van der Waals surface area contributed by atoms with E-state index in [0.29, 0.717) is 18.0 Å². The van der Waals surface area contributed by atoms with Gasteiger partial charge in [0.15, 0.2) is 0 Å². The fourth-order valence-electron chi connectivity index (χ4n) is 6.48. The number of carbonyl (C=O) groups is 2. The Balaban J connectivity index is 1.33. The Morgan fingerprint density at radius 2 is 1.73 bits per heavy atom. The first-order valence-corrected chi connectivity index (χ1v) is 14.6. The normalized spacial score (nSPS) is 21.1. The van der Waals surface area contributed by atoms with Gasteiger partial charge in [0, 0.05) is 63.4 Å². The number of piperidine rings is 1. The van der Waals surface area contributed by atoms with Crippen molar-refractivity contribution in [1.29, 1.82) is 0 Å². The molecule has 1 N–H and O–H groups in total. The number of nitrogens with zero attached hydrogens (tertiary/aromatic N) is 4. The lowest BCUT2D eigenvalue weighted by Crippen LogP contribution is -2.48. The van der Waals surface area contributed by atoms with E-state index in [9.17, 15) is 24.8 Å². The Morgan fingerprint density at radius 3 is 2.29 bits per heavy atom. The van der Waals surface area contributed by atoms with Gasteiger partial charge in [0.25, 0.3) is 5.69 Å². The number of aliphatic carboxylic acids is 1. The maximum absolute atomic E-state index is 12.9. The molecule has 4 rings (SSSR count). The minimum absolute atomic E-state index is 0.00375. The van der Waals surface area contributed by atoms with Crippen LogP contribution in [0, 0.1) is 22.0 Å². The number of hydrogen-bond acceptors (Lipinski definition) is 7. The molecule has 2 heterocycles. The topological polar surface area (TPSA) is 116 Å². The lowest BCUT2D eigenvalue weighted by atomic mass is 9.88. The van der Waals surface area contributed by atoms with E-state index in [0.717, 1.165) is 45.6 Å². The molecule has 2 aromatic rings. The smallest absolute Gasteiger partial charge is 0.410 e. The summed E-state index contributed by atoms with van der Waals surface area (Å²) in [5.74, 6) is -0.133. The molecule has 0 aliphatic carbocycles. The Bertz CT molecular complexity index is 1170. The van der Waals surface area contributed by atoms with Crippen LogP contribution >= 0.6 is 0 Å².